The molecule has 1 N–H and O–H groups in total. The zero-order valence-electron chi connectivity index (χ0n) is 7.46. The maximum Gasteiger partial charge on any atom is 0.303 e. The molecule has 0 radical (unpaired) electrons. The standard InChI is InChI=1S/C10H10ClFO2/c11-9-5-4-8(12)6-7(9)2-1-3-10(13)14/h4-6H,1-3H2,(H,13,14). The largest absolute Gasteiger partial charge is 0.481 e. The van der Waals surface area contributed by atoms with Crippen molar-refractivity contribution in [3.05, 3.63) is 34.6 Å². The molecule has 14 heavy (non-hydrogen) atoms. The van der Waals surface area contributed by atoms with Crippen molar-refractivity contribution in [2.45, 2.75) is 19.3 Å². The second-order valence-corrected chi connectivity index (χ2v) is 3.39. The van der Waals surface area contributed by atoms with Crippen LogP contribution in [-0.4, -0.2) is 11.1 Å². The molecule has 0 heterocycles. The zero-order chi connectivity index (χ0) is 10.6. The SMILES string of the molecule is O=C(O)CCCc1cc(F)ccc1Cl. The summed E-state index contributed by atoms with van der Waals surface area (Å²) in [5.41, 5.74) is 0.660. The first kappa shape index (κ1) is 11.0. The quantitative estimate of drug-likeness (QED) is 0.840. The van der Waals surface area contributed by atoms with Gasteiger partial charge in [-0.25, -0.2) is 4.39 Å². The predicted octanol–water partition coefficient (Wildman–Crippen LogP) is 2.89. The van der Waals surface area contributed by atoms with Crippen molar-refractivity contribution in [3.8, 4) is 0 Å². The van der Waals surface area contributed by atoms with Crippen molar-refractivity contribution >= 4 is 17.6 Å². The minimum atomic E-state index is -0.850. The maximum absolute atomic E-state index is 12.8. The summed E-state index contributed by atoms with van der Waals surface area (Å²) in [4.78, 5) is 10.2. The lowest BCUT2D eigenvalue weighted by atomic mass is 10.1. The molecule has 1 aromatic carbocycles. The molecule has 0 amide bonds. The number of hydrogen-bond acceptors (Lipinski definition) is 1. The molecular formula is C10H10ClFO2. The molecule has 0 saturated carbocycles. The van der Waals surface area contributed by atoms with Crippen LogP contribution in [0.25, 0.3) is 0 Å². The molecule has 0 spiro atoms. The molecule has 1 rings (SSSR count). The molecule has 1 aromatic rings. The first-order valence-corrected chi connectivity index (χ1v) is 4.63. The normalized spacial score (nSPS) is 10.1. The Morgan fingerprint density at radius 3 is 2.86 bits per heavy atom. The van der Waals surface area contributed by atoms with Crippen molar-refractivity contribution < 1.29 is 14.3 Å². The molecule has 0 saturated heterocycles. The Morgan fingerprint density at radius 2 is 2.21 bits per heavy atom. The molecule has 0 bridgehead atoms. The van der Waals surface area contributed by atoms with E-state index in [2.05, 4.69) is 0 Å². The van der Waals surface area contributed by atoms with Crippen LogP contribution < -0.4 is 0 Å². The number of rotatable bonds is 4. The number of carbonyl (C=O) groups is 1. The monoisotopic (exact) mass is 216 g/mol. The molecule has 2 nitrogen and oxygen atoms in total. The van der Waals surface area contributed by atoms with Gasteiger partial charge in [-0.2, -0.15) is 0 Å². The van der Waals surface area contributed by atoms with Gasteiger partial charge in [0, 0.05) is 11.4 Å². The summed E-state index contributed by atoms with van der Waals surface area (Å²) in [5, 5.41) is 8.89. The van der Waals surface area contributed by atoms with E-state index in [1.54, 1.807) is 0 Å². The lowest BCUT2D eigenvalue weighted by Gasteiger charge is -2.02. The molecule has 4 heteroatoms. The molecule has 76 valence electrons. The fourth-order valence-electron chi connectivity index (χ4n) is 1.16. The molecule has 0 atom stereocenters. The fourth-order valence-corrected chi connectivity index (χ4v) is 1.38. The molecule has 0 aliphatic heterocycles. The van der Waals surface area contributed by atoms with Crippen LogP contribution in [0.4, 0.5) is 4.39 Å². The summed E-state index contributed by atoms with van der Waals surface area (Å²) in [6.07, 6.45) is 1.04. The van der Waals surface area contributed by atoms with Crippen LogP contribution in [0.5, 0.6) is 0 Å². The lowest BCUT2D eigenvalue weighted by molar-refractivity contribution is -0.137. The Labute approximate surface area is 86.3 Å². The summed E-state index contributed by atoms with van der Waals surface area (Å²) in [7, 11) is 0. The van der Waals surface area contributed by atoms with Crippen molar-refractivity contribution in [2.24, 2.45) is 0 Å². The molecule has 0 aliphatic carbocycles. The number of aliphatic carboxylic acids is 1. The topological polar surface area (TPSA) is 37.3 Å². The number of carboxylic acids is 1. The van der Waals surface area contributed by atoms with E-state index in [-0.39, 0.29) is 12.2 Å². The van der Waals surface area contributed by atoms with Crippen molar-refractivity contribution in [1.82, 2.24) is 0 Å². The highest BCUT2D eigenvalue weighted by molar-refractivity contribution is 6.31. The van der Waals surface area contributed by atoms with E-state index in [4.69, 9.17) is 16.7 Å². The zero-order valence-corrected chi connectivity index (χ0v) is 8.22. The van der Waals surface area contributed by atoms with Gasteiger partial charge in [-0.15, -0.1) is 0 Å². The number of halogens is 2. The van der Waals surface area contributed by atoms with Crippen LogP contribution in [0, 0.1) is 5.82 Å². The van der Waals surface area contributed by atoms with E-state index in [0.29, 0.717) is 23.4 Å². The van der Waals surface area contributed by atoms with Crippen LogP contribution in [0.3, 0.4) is 0 Å². The van der Waals surface area contributed by atoms with E-state index >= 15 is 0 Å². The average molecular weight is 217 g/mol. The van der Waals surface area contributed by atoms with Gasteiger partial charge in [0.2, 0.25) is 0 Å². The summed E-state index contributed by atoms with van der Waals surface area (Å²) >= 11 is 5.80. The van der Waals surface area contributed by atoms with Crippen LogP contribution >= 0.6 is 11.6 Å². The molecule has 0 aromatic heterocycles. The Bertz CT molecular complexity index is 339. The Kier molecular flexibility index (Phi) is 3.89. The third-order valence-electron chi connectivity index (χ3n) is 1.84. The number of aryl methyl sites for hydroxylation is 1. The van der Waals surface area contributed by atoms with E-state index in [1.807, 2.05) is 0 Å². The average Bonchev–Trinajstić information content (AvgIpc) is 2.10. The van der Waals surface area contributed by atoms with E-state index in [1.165, 1.54) is 18.2 Å². The van der Waals surface area contributed by atoms with Gasteiger partial charge in [0.15, 0.2) is 0 Å². The number of carboxylic acid groups (broad SMARTS) is 1. The highest BCUT2D eigenvalue weighted by Gasteiger charge is 2.03. The lowest BCUT2D eigenvalue weighted by Crippen LogP contribution is -1.96. The first-order chi connectivity index (χ1) is 6.59. The molecular weight excluding hydrogens is 207 g/mol. The van der Waals surface area contributed by atoms with Crippen LogP contribution in [0.2, 0.25) is 5.02 Å². The van der Waals surface area contributed by atoms with Gasteiger partial charge in [-0.3, -0.25) is 4.79 Å². The van der Waals surface area contributed by atoms with Crippen molar-refractivity contribution in [2.75, 3.05) is 0 Å². The van der Waals surface area contributed by atoms with Gasteiger partial charge < -0.3 is 5.11 Å². The van der Waals surface area contributed by atoms with Crippen LogP contribution in [0.15, 0.2) is 18.2 Å². The van der Waals surface area contributed by atoms with Crippen molar-refractivity contribution in [1.29, 1.82) is 0 Å². The molecule has 0 unspecified atom stereocenters. The number of hydrogen-bond donors (Lipinski definition) is 1. The minimum Gasteiger partial charge on any atom is -0.481 e. The third-order valence-corrected chi connectivity index (χ3v) is 2.21. The summed E-state index contributed by atoms with van der Waals surface area (Å²) < 4.78 is 12.8. The summed E-state index contributed by atoms with van der Waals surface area (Å²) in [6, 6.07) is 4.10. The van der Waals surface area contributed by atoms with E-state index < -0.39 is 5.97 Å². The van der Waals surface area contributed by atoms with Gasteiger partial charge in [0.25, 0.3) is 0 Å². The maximum atomic E-state index is 12.8. The van der Waals surface area contributed by atoms with Crippen LogP contribution in [-0.2, 0) is 11.2 Å². The van der Waals surface area contributed by atoms with Gasteiger partial charge in [0.05, 0.1) is 0 Å². The van der Waals surface area contributed by atoms with Gasteiger partial charge >= 0.3 is 5.97 Å². The Hall–Kier alpha value is -1.09. The van der Waals surface area contributed by atoms with Gasteiger partial charge in [0.1, 0.15) is 5.82 Å². The number of benzene rings is 1. The highest BCUT2D eigenvalue weighted by Crippen LogP contribution is 2.18. The fraction of sp³-hybridized carbons (Fsp3) is 0.300. The first-order valence-electron chi connectivity index (χ1n) is 4.25. The minimum absolute atomic E-state index is 0.0762. The van der Waals surface area contributed by atoms with Crippen LogP contribution in [0.1, 0.15) is 18.4 Å². The summed E-state index contributed by atoms with van der Waals surface area (Å²) in [6.45, 7) is 0. The van der Waals surface area contributed by atoms with Crippen molar-refractivity contribution in [3.63, 3.8) is 0 Å². The third kappa shape index (κ3) is 3.34. The predicted molar refractivity (Wildman–Crippen MR) is 52.0 cm³/mol. The van der Waals surface area contributed by atoms with Gasteiger partial charge in [-0.05, 0) is 36.6 Å². The molecule has 0 aliphatic rings. The van der Waals surface area contributed by atoms with E-state index in [9.17, 15) is 9.18 Å². The van der Waals surface area contributed by atoms with Gasteiger partial charge in [-0.1, -0.05) is 11.6 Å². The molecule has 0 fully saturated rings. The smallest absolute Gasteiger partial charge is 0.303 e. The highest BCUT2D eigenvalue weighted by atomic mass is 35.5. The summed E-state index contributed by atoms with van der Waals surface area (Å²) in [5.74, 6) is -1.20. The second-order valence-electron chi connectivity index (χ2n) is 2.98. The van der Waals surface area contributed by atoms with E-state index in [0.717, 1.165) is 0 Å². The Balaban J connectivity index is 2.57. The second kappa shape index (κ2) is 4.96. The Morgan fingerprint density at radius 1 is 1.50 bits per heavy atom.